The molecule has 1 amide bonds. The Hall–Kier alpha value is -1.64. The summed E-state index contributed by atoms with van der Waals surface area (Å²) in [6.07, 6.45) is -5.03. The van der Waals surface area contributed by atoms with Gasteiger partial charge in [-0.1, -0.05) is 30.3 Å². The van der Waals surface area contributed by atoms with Crippen LogP contribution in [0.15, 0.2) is 30.3 Å². The van der Waals surface area contributed by atoms with Crippen LogP contribution in [0.2, 0.25) is 0 Å². The number of alkyl halides is 3. The van der Waals surface area contributed by atoms with E-state index < -0.39 is 31.4 Å². The highest BCUT2D eigenvalue weighted by molar-refractivity contribution is 5.77. The van der Waals surface area contributed by atoms with Crippen LogP contribution < -0.4 is 0 Å². The summed E-state index contributed by atoms with van der Waals surface area (Å²) < 4.78 is 40.3. The van der Waals surface area contributed by atoms with Crippen molar-refractivity contribution in [2.24, 2.45) is 0 Å². The number of carbonyl (C=O) groups is 1. The Morgan fingerprint density at radius 3 is 2.38 bits per heavy atom. The lowest BCUT2D eigenvalue weighted by atomic mass is 10.1. The molecule has 0 saturated carbocycles. The summed E-state index contributed by atoms with van der Waals surface area (Å²) >= 11 is 0. The maximum absolute atomic E-state index is 12.0. The van der Waals surface area contributed by atoms with Gasteiger partial charge in [-0.15, -0.1) is 0 Å². The zero-order chi connectivity index (χ0) is 17.6. The Morgan fingerprint density at radius 2 is 1.79 bits per heavy atom. The van der Waals surface area contributed by atoms with Crippen molar-refractivity contribution in [1.29, 1.82) is 0 Å². The number of hydrogen-bond donors (Lipinski definition) is 1. The van der Waals surface area contributed by atoms with Crippen LogP contribution in [-0.4, -0.2) is 72.9 Å². The molecule has 1 N–H and O–H groups in total. The van der Waals surface area contributed by atoms with Crippen LogP contribution in [0.3, 0.4) is 0 Å². The van der Waals surface area contributed by atoms with E-state index >= 15 is 0 Å². The van der Waals surface area contributed by atoms with Gasteiger partial charge in [-0.3, -0.25) is 9.69 Å². The number of halogens is 3. The van der Waals surface area contributed by atoms with E-state index in [1.807, 2.05) is 35.2 Å². The van der Waals surface area contributed by atoms with Gasteiger partial charge in [0.15, 0.2) is 0 Å². The molecular formula is C16H21F3N2O3. The normalized spacial score (nSPS) is 17.8. The van der Waals surface area contributed by atoms with Crippen molar-refractivity contribution < 1.29 is 27.8 Å². The molecule has 1 aliphatic heterocycles. The minimum Gasteiger partial charge on any atom is -0.387 e. The van der Waals surface area contributed by atoms with Gasteiger partial charge >= 0.3 is 6.18 Å². The van der Waals surface area contributed by atoms with E-state index in [-0.39, 0.29) is 0 Å². The zero-order valence-electron chi connectivity index (χ0n) is 13.2. The number of piperazine rings is 1. The van der Waals surface area contributed by atoms with Crippen LogP contribution in [0.1, 0.15) is 11.7 Å². The number of rotatable bonds is 6. The molecule has 1 saturated heterocycles. The van der Waals surface area contributed by atoms with Crippen LogP contribution >= 0.6 is 0 Å². The van der Waals surface area contributed by atoms with Gasteiger partial charge in [0, 0.05) is 32.7 Å². The number of hydrogen-bond acceptors (Lipinski definition) is 4. The summed E-state index contributed by atoms with van der Waals surface area (Å²) in [7, 11) is 0. The smallest absolute Gasteiger partial charge is 0.387 e. The van der Waals surface area contributed by atoms with Crippen LogP contribution in [0, 0.1) is 0 Å². The molecule has 134 valence electrons. The summed E-state index contributed by atoms with van der Waals surface area (Å²) in [4.78, 5) is 15.3. The van der Waals surface area contributed by atoms with E-state index in [0.29, 0.717) is 32.7 Å². The summed E-state index contributed by atoms with van der Waals surface area (Å²) in [5, 5.41) is 10.2. The van der Waals surface area contributed by atoms with Crippen molar-refractivity contribution in [2.75, 3.05) is 45.9 Å². The fourth-order valence-electron chi connectivity index (χ4n) is 2.55. The minimum atomic E-state index is -4.42. The number of nitrogens with zero attached hydrogens (tertiary/aromatic N) is 2. The topological polar surface area (TPSA) is 53.0 Å². The maximum atomic E-state index is 12.0. The standard InChI is InChI=1S/C16H21F3N2O3/c17-16(18,19)12-24-11-15(23)21-8-6-20(7-9-21)10-14(22)13-4-2-1-3-5-13/h1-5,14,22H,6-12H2. The molecule has 0 spiro atoms. The number of amides is 1. The Balaban J connectivity index is 1.70. The number of β-amino-alcohol motifs (C(OH)–C–C–N with tert-alkyl or cyclic N) is 1. The molecule has 2 rings (SSSR count). The predicted molar refractivity (Wildman–Crippen MR) is 81.3 cm³/mol. The molecule has 1 fully saturated rings. The van der Waals surface area contributed by atoms with E-state index in [1.54, 1.807) is 0 Å². The van der Waals surface area contributed by atoms with E-state index in [4.69, 9.17) is 0 Å². The molecule has 1 unspecified atom stereocenters. The molecule has 0 bridgehead atoms. The lowest BCUT2D eigenvalue weighted by Gasteiger charge is -2.35. The largest absolute Gasteiger partial charge is 0.411 e. The summed E-state index contributed by atoms with van der Waals surface area (Å²) in [5.74, 6) is -0.442. The van der Waals surface area contributed by atoms with Gasteiger partial charge in [0.05, 0.1) is 6.10 Å². The van der Waals surface area contributed by atoms with Gasteiger partial charge in [-0.2, -0.15) is 13.2 Å². The third-order valence-corrected chi connectivity index (χ3v) is 3.83. The quantitative estimate of drug-likeness (QED) is 0.847. The van der Waals surface area contributed by atoms with Crippen molar-refractivity contribution in [3.05, 3.63) is 35.9 Å². The van der Waals surface area contributed by atoms with Crippen LogP contribution in [0.5, 0.6) is 0 Å². The third-order valence-electron chi connectivity index (χ3n) is 3.83. The monoisotopic (exact) mass is 346 g/mol. The third kappa shape index (κ3) is 6.10. The number of aliphatic hydroxyl groups is 1. The zero-order valence-corrected chi connectivity index (χ0v) is 13.2. The summed E-state index contributed by atoms with van der Waals surface area (Å²) in [5.41, 5.74) is 0.830. The first-order chi connectivity index (χ1) is 11.3. The molecule has 0 radical (unpaired) electrons. The SMILES string of the molecule is O=C(COCC(F)(F)F)N1CCN(CC(O)c2ccccc2)CC1. The summed E-state index contributed by atoms with van der Waals surface area (Å²) in [6.45, 7) is 0.431. The highest BCUT2D eigenvalue weighted by Gasteiger charge is 2.29. The van der Waals surface area contributed by atoms with Crippen LogP contribution in [0.25, 0.3) is 0 Å². The first kappa shape index (κ1) is 18.7. The average molecular weight is 346 g/mol. The second kappa shape index (κ2) is 8.46. The molecule has 1 aromatic carbocycles. The van der Waals surface area contributed by atoms with Crippen molar-refractivity contribution in [1.82, 2.24) is 9.80 Å². The minimum absolute atomic E-state index is 0.412. The van der Waals surface area contributed by atoms with Crippen molar-refractivity contribution >= 4 is 5.91 Å². The fraction of sp³-hybridized carbons (Fsp3) is 0.562. The van der Waals surface area contributed by atoms with Crippen LogP contribution in [0.4, 0.5) is 13.2 Å². The van der Waals surface area contributed by atoms with E-state index in [2.05, 4.69) is 4.74 Å². The van der Waals surface area contributed by atoms with E-state index in [0.717, 1.165) is 5.56 Å². The van der Waals surface area contributed by atoms with Gasteiger partial charge < -0.3 is 14.7 Å². The first-order valence-electron chi connectivity index (χ1n) is 7.73. The molecule has 1 heterocycles. The average Bonchev–Trinajstić information content (AvgIpc) is 2.55. The van der Waals surface area contributed by atoms with Gasteiger partial charge in [-0.05, 0) is 5.56 Å². The van der Waals surface area contributed by atoms with Crippen molar-refractivity contribution in [3.8, 4) is 0 Å². The lowest BCUT2D eigenvalue weighted by molar-refractivity contribution is -0.178. The molecule has 5 nitrogen and oxygen atoms in total. The molecule has 0 aliphatic carbocycles. The lowest BCUT2D eigenvalue weighted by Crippen LogP contribution is -2.50. The van der Waals surface area contributed by atoms with Gasteiger partial charge in [0.1, 0.15) is 13.2 Å². The van der Waals surface area contributed by atoms with Gasteiger partial charge in [0.2, 0.25) is 5.91 Å². The Labute approximate surface area is 138 Å². The first-order valence-corrected chi connectivity index (χ1v) is 7.73. The number of carbonyl (C=O) groups excluding carboxylic acids is 1. The molecule has 0 aromatic heterocycles. The van der Waals surface area contributed by atoms with Gasteiger partial charge in [0.25, 0.3) is 0 Å². The maximum Gasteiger partial charge on any atom is 0.411 e. The number of benzene rings is 1. The molecule has 1 atom stereocenters. The highest BCUT2D eigenvalue weighted by Crippen LogP contribution is 2.16. The molecule has 8 heteroatoms. The second-order valence-corrected chi connectivity index (χ2v) is 5.72. The number of aliphatic hydroxyl groups excluding tert-OH is 1. The molecular weight excluding hydrogens is 325 g/mol. The van der Waals surface area contributed by atoms with Crippen LogP contribution in [-0.2, 0) is 9.53 Å². The molecule has 1 aliphatic rings. The Kier molecular flexibility index (Phi) is 6.59. The number of ether oxygens (including phenoxy) is 1. The van der Waals surface area contributed by atoms with Gasteiger partial charge in [-0.25, -0.2) is 0 Å². The fourth-order valence-corrected chi connectivity index (χ4v) is 2.55. The van der Waals surface area contributed by atoms with E-state index in [9.17, 15) is 23.1 Å². The van der Waals surface area contributed by atoms with Crippen molar-refractivity contribution in [2.45, 2.75) is 12.3 Å². The predicted octanol–water partition coefficient (Wildman–Crippen LogP) is 1.44. The second-order valence-electron chi connectivity index (χ2n) is 5.72. The summed E-state index contributed by atoms with van der Waals surface area (Å²) in [6, 6.07) is 9.29. The Morgan fingerprint density at radius 1 is 1.17 bits per heavy atom. The molecule has 1 aromatic rings. The molecule has 24 heavy (non-hydrogen) atoms. The highest BCUT2D eigenvalue weighted by atomic mass is 19.4. The Bertz CT molecular complexity index is 517. The van der Waals surface area contributed by atoms with Crippen molar-refractivity contribution in [3.63, 3.8) is 0 Å². The van der Waals surface area contributed by atoms with E-state index in [1.165, 1.54) is 4.90 Å².